The van der Waals surface area contributed by atoms with Crippen LogP contribution in [0.1, 0.15) is 141 Å². The lowest BCUT2D eigenvalue weighted by Gasteiger charge is -2.29. The van der Waals surface area contributed by atoms with Gasteiger partial charge >= 0.3 is 11.9 Å². The number of hydrogen-bond donors (Lipinski definition) is 37. The van der Waals surface area contributed by atoms with Gasteiger partial charge in [-0.25, -0.2) is 9.97 Å². The van der Waals surface area contributed by atoms with Crippen molar-refractivity contribution in [1.29, 1.82) is 21.6 Å². The van der Waals surface area contributed by atoms with Crippen LogP contribution in [0.4, 0.5) is 0 Å². The Morgan fingerprint density at radius 2 is 0.664 bits per heavy atom. The van der Waals surface area contributed by atoms with Crippen molar-refractivity contribution in [2.24, 2.45) is 51.8 Å². The van der Waals surface area contributed by atoms with Gasteiger partial charge in [0.15, 0.2) is 23.8 Å². The molecule has 15 atom stereocenters. The molecule has 16 amide bonds. The molecule has 0 aliphatic rings. The first-order chi connectivity index (χ1) is 61.8. The summed E-state index contributed by atoms with van der Waals surface area (Å²) in [5.41, 5.74) is 44.7. The molecule has 45 N–H and O–H groups in total. The molecule has 2 rings (SSSR count). The van der Waals surface area contributed by atoms with E-state index in [-0.39, 0.29) is 121 Å². The third-order valence-corrected chi connectivity index (χ3v) is 19.1. The molecule has 57 nitrogen and oxygen atoms in total. The summed E-state index contributed by atoms with van der Waals surface area (Å²) in [6, 6.07) is -24.5. The Morgan fingerprint density at radius 3 is 0.969 bits per heavy atom. The van der Waals surface area contributed by atoms with Crippen molar-refractivity contribution in [1.82, 2.24) is 116 Å². The first-order valence-corrected chi connectivity index (χ1v) is 41.6. The number of imidazole rings is 2. The fraction of sp³-hybridized carbons (Fsp3) is 0.622. The minimum Gasteiger partial charge on any atom is -0.481 e. The Balaban J connectivity index is 2.72. The lowest BCUT2D eigenvalue weighted by molar-refractivity contribution is -0.142. The fourth-order valence-corrected chi connectivity index (χ4v) is 12.3. The van der Waals surface area contributed by atoms with Gasteiger partial charge in [0.25, 0.3) is 0 Å². The van der Waals surface area contributed by atoms with E-state index in [0.29, 0.717) is 0 Å². The predicted octanol–water partition coefficient (Wildman–Crippen LogP) is -14.7. The largest absolute Gasteiger partial charge is 0.481 e. The molecule has 0 unspecified atom stereocenters. The van der Waals surface area contributed by atoms with Gasteiger partial charge in [-0.05, 0) is 109 Å². The number of amides is 16. The second kappa shape index (κ2) is 60.5. The van der Waals surface area contributed by atoms with Crippen molar-refractivity contribution in [2.75, 3.05) is 52.5 Å². The van der Waals surface area contributed by atoms with E-state index < -0.39 is 292 Å². The summed E-state index contributed by atoms with van der Waals surface area (Å²) in [7, 11) is 0. The van der Waals surface area contributed by atoms with Crippen molar-refractivity contribution < 1.29 is 112 Å². The number of nitrogens with two attached hydrogens (primary N) is 8. The maximum Gasteiger partial charge on any atom is 0.322 e. The average molecular weight is 1860 g/mol. The van der Waals surface area contributed by atoms with Crippen LogP contribution in [0, 0.1) is 27.6 Å². The first-order valence-electron chi connectivity index (χ1n) is 41.6. The second-order valence-corrected chi connectivity index (χ2v) is 30.5. The van der Waals surface area contributed by atoms with E-state index in [4.69, 9.17) is 72.6 Å². The number of carbonyl (C=O) groups is 18. The van der Waals surface area contributed by atoms with Gasteiger partial charge in [-0.2, -0.15) is 0 Å². The topological polar surface area (TPSA) is 986 Å². The molecule has 0 aromatic carbocycles. The molecule has 0 saturated carbocycles. The molecule has 2 aromatic heterocycles. The second-order valence-electron chi connectivity index (χ2n) is 30.5. The smallest absolute Gasteiger partial charge is 0.322 e. The van der Waals surface area contributed by atoms with Crippen molar-refractivity contribution in [3.05, 3.63) is 36.4 Å². The molecule has 0 spiro atoms. The number of primary amides is 2. The molecular formula is C74H128N34O23. The number of rotatable bonds is 66. The maximum atomic E-state index is 15.0. The number of aliphatic hydroxyl groups excluding tert-OH is 3. The SMILES string of the molecule is CC(C)C[C@H](NC(=O)[C@H](CCC(N)=O)NC(=O)[C@H](CC(=O)O)NC(=O)[C@H](CO)NC(=O)[C@H](CCCNC(=N)N)NC(=O)[C@@H](N)CO)C(=O)N[C@@H](CCCCN)C(=O)N[C@@H](CCCNC(=N)N)C(=O)N[C@@H](Cc1c[nH]cn1)C(=O)N[C@@H](CCC(N)=O)C(=O)N[C@@H](CCCNC(=N)N)C(=O)N[C@@H](CCCNC(=N)N)C(=O)N[C@@H](Cc1c[nH]cn1)C(=O)N[C@H](C(=O)NCC(=O)O)[C@@H](C)O. The van der Waals surface area contributed by atoms with E-state index >= 15 is 4.79 Å². The van der Waals surface area contributed by atoms with Crippen LogP contribution in [0.25, 0.3) is 0 Å². The molecule has 2 aromatic rings. The van der Waals surface area contributed by atoms with Crippen molar-refractivity contribution >= 4 is 130 Å². The summed E-state index contributed by atoms with van der Waals surface area (Å²) in [6.45, 7) is 1.18. The highest BCUT2D eigenvalue weighted by Gasteiger charge is 2.40. The predicted molar refractivity (Wildman–Crippen MR) is 462 cm³/mol. The van der Waals surface area contributed by atoms with Crippen molar-refractivity contribution in [3.8, 4) is 0 Å². The number of H-pyrrole nitrogens is 2. The number of carboxylic acid groups (broad SMARTS) is 2. The summed E-state index contributed by atoms with van der Waals surface area (Å²) in [4.78, 5) is 262. The third kappa shape index (κ3) is 46.4. The molecule has 0 aliphatic heterocycles. The Labute approximate surface area is 750 Å². The fourth-order valence-electron chi connectivity index (χ4n) is 12.3. The van der Waals surface area contributed by atoms with Crippen molar-refractivity contribution in [2.45, 2.75) is 233 Å². The van der Waals surface area contributed by atoms with Gasteiger partial charge < -0.3 is 177 Å². The van der Waals surface area contributed by atoms with Crippen LogP contribution in [0.5, 0.6) is 0 Å². The van der Waals surface area contributed by atoms with Gasteiger partial charge in [0, 0.05) is 64.3 Å². The Bertz CT molecular complexity index is 4160. The molecule has 131 heavy (non-hydrogen) atoms. The van der Waals surface area contributed by atoms with Crippen LogP contribution >= 0.6 is 0 Å². The lowest BCUT2D eigenvalue weighted by atomic mass is 10.0. The molecule has 57 heteroatoms. The highest BCUT2D eigenvalue weighted by atomic mass is 16.4. The van der Waals surface area contributed by atoms with Gasteiger partial charge in [0.05, 0.1) is 49.8 Å². The Kier molecular flexibility index (Phi) is 52.1. The number of hydrogen-bond acceptors (Lipinski definition) is 29. The summed E-state index contributed by atoms with van der Waals surface area (Å²) in [5, 5.41) is 123. The molecule has 0 aliphatic carbocycles. The first kappa shape index (κ1) is 113. The number of guanidine groups is 4. The zero-order chi connectivity index (χ0) is 98.6. The standard InChI is InChI=1S/C74H128N34O23/c1-35(2)24-47(103-64(125)46(16-18-53(78)113)102-67(128)50(27-54(114)115)106-69(130)51(32-110)107-62(123)41(11-6-20-89-71(79)80)96-57(118)39(76)31-109)65(126)100-40(10-4-5-19-75)58(119)97-43(13-8-22-91-73(83)84)60(121)104-48(25-37-28-87-33-94-37)66(127)101-45(15-17-52(77)112)63(124)99-42(12-7-21-90-72(81)82)59(120)98-44(14-9-23-92-74(85)86)61(122)105-49(26-38-29-88-34-95-38)68(129)108-56(36(3)111)70(131)93-30-55(116)117/h28-29,33-36,39-51,56,109-111H,4-27,30-32,75-76H2,1-3H3,(H2,77,112)(H2,78,113)(H,87,94)(H,88,95)(H,93,131)(H,96,118)(H,97,119)(H,98,120)(H,99,124)(H,100,126)(H,101,127)(H,102,128)(H,103,125)(H,104,121)(H,105,122)(H,106,130)(H,107,123)(H,108,129)(H,114,115)(H,116,117)(H4,79,80,89)(H4,81,82,90)(H4,83,84,91)(H4,85,86,92)/t36-,39+,40+,41+,42+,43+,44+,45+,46+,47+,48+,49+,50+,51+,56+/m1/s1. The molecule has 0 radical (unpaired) electrons. The molecule has 2 heterocycles. The minimum atomic E-state index is -2.14. The average Bonchev–Trinajstić information content (AvgIpc) is 1.26. The number of aromatic amines is 2. The highest BCUT2D eigenvalue weighted by Crippen LogP contribution is 2.15. The summed E-state index contributed by atoms with van der Waals surface area (Å²) in [5.74, 6) is -23.8. The summed E-state index contributed by atoms with van der Waals surface area (Å²) in [6.07, 6.45) is -2.57. The maximum absolute atomic E-state index is 15.0. The van der Waals surface area contributed by atoms with Crippen LogP contribution in [0.2, 0.25) is 0 Å². The summed E-state index contributed by atoms with van der Waals surface area (Å²) < 4.78 is 0. The zero-order valence-electron chi connectivity index (χ0n) is 72.7. The molecular weight excluding hydrogens is 1730 g/mol. The number of carboxylic acids is 2. The van der Waals surface area contributed by atoms with Crippen LogP contribution in [-0.4, -0.2) is 319 Å². The van der Waals surface area contributed by atoms with Gasteiger partial charge in [0.1, 0.15) is 91.1 Å². The normalized spacial score (nSPS) is 14.4. The van der Waals surface area contributed by atoms with E-state index in [1.54, 1.807) is 13.8 Å². The third-order valence-electron chi connectivity index (χ3n) is 19.1. The van der Waals surface area contributed by atoms with Crippen LogP contribution in [0.3, 0.4) is 0 Å². The zero-order valence-corrected chi connectivity index (χ0v) is 72.7. The van der Waals surface area contributed by atoms with Crippen molar-refractivity contribution in [3.63, 3.8) is 0 Å². The van der Waals surface area contributed by atoms with Crippen LogP contribution in [0.15, 0.2) is 25.0 Å². The van der Waals surface area contributed by atoms with Gasteiger partial charge in [-0.15, -0.1) is 0 Å². The van der Waals surface area contributed by atoms with Gasteiger partial charge in [-0.3, -0.25) is 108 Å². The number of unbranched alkanes of at least 4 members (excludes halogenated alkanes) is 1. The number of carbonyl (C=O) groups excluding carboxylic acids is 16. The van der Waals surface area contributed by atoms with Gasteiger partial charge in [0.2, 0.25) is 94.5 Å². The van der Waals surface area contributed by atoms with E-state index in [0.717, 1.165) is 6.92 Å². The number of aromatic nitrogens is 4. The molecule has 0 saturated heterocycles. The molecule has 0 fully saturated rings. The molecule has 0 bridgehead atoms. The van der Waals surface area contributed by atoms with E-state index in [9.17, 15) is 102 Å². The molecule has 732 valence electrons. The van der Waals surface area contributed by atoms with E-state index in [1.165, 1.54) is 25.0 Å². The quantitative estimate of drug-likeness (QED) is 0.0166. The van der Waals surface area contributed by atoms with Crippen LogP contribution < -0.4 is 142 Å². The number of aliphatic carboxylic acids is 2. The summed E-state index contributed by atoms with van der Waals surface area (Å²) >= 11 is 0. The minimum absolute atomic E-state index is 0.00496. The van der Waals surface area contributed by atoms with E-state index in [2.05, 4.69) is 110 Å². The number of aliphatic hydroxyl groups is 3. The Morgan fingerprint density at radius 1 is 0.366 bits per heavy atom. The van der Waals surface area contributed by atoms with Gasteiger partial charge in [-0.1, -0.05) is 13.8 Å². The number of nitrogens with one attached hydrogen (secondary N) is 24. The lowest BCUT2D eigenvalue weighted by Crippen LogP contribution is -2.61. The monoisotopic (exact) mass is 1860 g/mol. The number of nitrogens with zero attached hydrogens (tertiary/aromatic N) is 2. The van der Waals surface area contributed by atoms with E-state index in [1.807, 2.05) is 5.32 Å². The highest BCUT2D eigenvalue weighted by molar-refractivity contribution is 6.01. The Hall–Kier alpha value is -14.2. The van der Waals surface area contributed by atoms with Crippen LogP contribution in [-0.2, 0) is 99.1 Å².